The molecule has 0 spiro atoms. The standard InChI is InChI=1S/C28H25ClFN5O3/c1-15-8-21(17(3)33-28(36)24-14-37-18(4)34-24)22(23(29)9-15)13-38-26-7-5-6-20-25(10-16(2)32-27(20)26)35-12-19(30)11-31-35/h5-12,14,17H,13H2,1-4H3,(H,33,36)/t17-/m0/s1. The van der Waals surface area contributed by atoms with Gasteiger partial charge in [-0.1, -0.05) is 29.8 Å². The molecule has 38 heavy (non-hydrogen) atoms. The van der Waals surface area contributed by atoms with Crippen molar-refractivity contribution in [3.05, 3.63) is 99.9 Å². The number of pyridine rings is 1. The molecule has 0 unspecified atom stereocenters. The number of aromatic nitrogens is 4. The van der Waals surface area contributed by atoms with Gasteiger partial charge in [-0.2, -0.15) is 5.10 Å². The lowest BCUT2D eigenvalue weighted by molar-refractivity contribution is 0.0934. The predicted molar refractivity (Wildman–Crippen MR) is 141 cm³/mol. The smallest absolute Gasteiger partial charge is 0.273 e. The lowest BCUT2D eigenvalue weighted by Crippen LogP contribution is -2.28. The highest BCUT2D eigenvalue weighted by molar-refractivity contribution is 6.31. The average molecular weight is 534 g/mol. The van der Waals surface area contributed by atoms with Crippen molar-refractivity contribution in [2.75, 3.05) is 0 Å². The molecule has 0 aliphatic carbocycles. The first-order valence-corrected chi connectivity index (χ1v) is 12.3. The molecule has 0 aliphatic heterocycles. The number of benzene rings is 2. The van der Waals surface area contributed by atoms with Gasteiger partial charge in [0.2, 0.25) is 0 Å². The average Bonchev–Trinajstić information content (AvgIpc) is 3.50. The maximum atomic E-state index is 13.7. The molecule has 2 aromatic carbocycles. The number of rotatable bonds is 7. The van der Waals surface area contributed by atoms with Crippen LogP contribution in [0.1, 0.15) is 51.7 Å². The number of fused-ring (bicyclic) bond motifs is 1. The highest BCUT2D eigenvalue weighted by atomic mass is 35.5. The van der Waals surface area contributed by atoms with Crippen LogP contribution in [0.2, 0.25) is 5.02 Å². The summed E-state index contributed by atoms with van der Waals surface area (Å²) >= 11 is 6.67. The lowest BCUT2D eigenvalue weighted by Gasteiger charge is -2.20. The van der Waals surface area contributed by atoms with Crippen LogP contribution in [-0.2, 0) is 6.61 Å². The number of para-hydroxylation sites is 1. The minimum Gasteiger partial charge on any atom is -0.487 e. The Hall–Kier alpha value is -4.24. The van der Waals surface area contributed by atoms with Crippen molar-refractivity contribution in [3.8, 4) is 11.4 Å². The van der Waals surface area contributed by atoms with Crippen LogP contribution < -0.4 is 10.1 Å². The van der Waals surface area contributed by atoms with Gasteiger partial charge < -0.3 is 14.5 Å². The van der Waals surface area contributed by atoms with Crippen molar-refractivity contribution in [1.29, 1.82) is 0 Å². The van der Waals surface area contributed by atoms with E-state index in [0.717, 1.165) is 34.0 Å². The third-order valence-corrected chi connectivity index (χ3v) is 6.46. The van der Waals surface area contributed by atoms with Crippen molar-refractivity contribution in [1.82, 2.24) is 25.1 Å². The lowest BCUT2D eigenvalue weighted by atomic mass is 9.99. The summed E-state index contributed by atoms with van der Waals surface area (Å²) < 4.78 is 26.6. The molecular weight excluding hydrogens is 509 g/mol. The van der Waals surface area contributed by atoms with E-state index in [1.54, 1.807) is 6.92 Å². The Morgan fingerprint density at radius 3 is 2.74 bits per heavy atom. The van der Waals surface area contributed by atoms with Crippen LogP contribution in [0.5, 0.6) is 5.75 Å². The van der Waals surface area contributed by atoms with Gasteiger partial charge in [0.15, 0.2) is 17.4 Å². The SMILES string of the molecule is Cc1cc(Cl)c(COc2cccc3c(-n4cc(F)cn4)cc(C)nc23)c([C@H](C)NC(=O)c2coc(C)n2)c1. The Morgan fingerprint density at radius 2 is 2.03 bits per heavy atom. The molecule has 0 aliphatic rings. The summed E-state index contributed by atoms with van der Waals surface area (Å²) in [6, 6.07) is 10.8. The van der Waals surface area contributed by atoms with Gasteiger partial charge in [-0.3, -0.25) is 4.79 Å². The summed E-state index contributed by atoms with van der Waals surface area (Å²) in [5.41, 5.74) is 4.75. The number of amides is 1. The Bertz CT molecular complexity index is 1660. The molecule has 0 radical (unpaired) electrons. The van der Waals surface area contributed by atoms with Gasteiger partial charge in [0.1, 0.15) is 24.1 Å². The first-order chi connectivity index (χ1) is 18.2. The number of nitrogens with one attached hydrogen (secondary N) is 1. The van der Waals surface area contributed by atoms with E-state index < -0.39 is 5.82 Å². The molecule has 8 nitrogen and oxygen atoms in total. The summed E-state index contributed by atoms with van der Waals surface area (Å²) in [7, 11) is 0. The van der Waals surface area contributed by atoms with Gasteiger partial charge in [0.05, 0.1) is 24.1 Å². The maximum Gasteiger partial charge on any atom is 0.273 e. The molecule has 0 saturated carbocycles. The van der Waals surface area contributed by atoms with Gasteiger partial charge in [-0.25, -0.2) is 19.0 Å². The highest BCUT2D eigenvalue weighted by Gasteiger charge is 2.20. The van der Waals surface area contributed by atoms with Gasteiger partial charge in [0, 0.05) is 28.6 Å². The third kappa shape index (κ3) is 5.10. The fourth-order valence-corrected chi connectivity index (χ4v) is 4.71. The first kappa shape index (κ1) is 25.4. The number of carbonyl (C=O) groups excluding carboxylic acids is 1. The van der Waals surface area contributed by atoms with Crippen LogP contribution >= 0.6 is 11.6 Å². The van der Waals surface area contributed by atoms with Crippen LogP contribution in [0.15, 0.2) is 59.5 Å². The minimum absolute atomic E-state index is 0.137. The molecule has 3 heterocycles. The van der Waals surface area contributed by atoms with Crippen molar-refractivity contribution in [2.45, 2.75) is 40.3 Å². The summed E-state index contributed by atoms with van der Waals surface area (Å²) in [5.74, 6) is 0.171. The number of ether oxygens (including phenoxy) is 1. The number of carbonyl (C=O) groups is 1. The fourth-order valence-electron chi connectivity index (χ4n) is 4.37. The Balaban J connectivity index is 1.46. The van der Waals surface area contributed by atoms with E-state index in [1.807, 2.05) is 57.2 Å². The molecule has 1 atom stereocenters. The molecule has 0 saturated heterocycles. The van der Waals surface area contributed by atoms with E-state index >= 15 is 0 Å². The largest absolute Gasteiger partial charge is 0.487 e. The predicted octanol–water partition coefficient (Wildman–Crippen LogP) is 6.20. The minimum atomic E-state index is -0.429. The van der Waals surface area contributed by atoms with E-state index in [-0.39, 0.29) is 24.2 Å². The zero-order chi connectivity index (χ0) is 27.0. The highest BCUT2D eigenvalue weighted by Crippen LogP contribution is 2.32. The number of nitrogens with zero attached hydrogens (tertiary/aromatic N) is 4. The van der Waals surface area contributed by atoms with E-state index in [0.29, 0.717) is 27.9 Å². The van der Waals surface area contributed by atoms with Gasteiger partial charge in [0.25, 0.3) is 5.91 Å². The number of halogens is 2. The molecule has 0 fully saturated rings. The number of oxazole rings is 1. The molecule has 5 aromatic rings. The molecule has 1 amide bonds. The second-order valence-corrected chi connectivity index (χ2v) is 9.50. The topological polar surface area (TPSA) is 95.1 Å². The van der Waals surface area contributed by atoms with E-state index in [9.17, 15) is 9.18 Å². The molecule has 194 valence electrons. The number of hydrogen-bond acceptors (Lipinski definition) is 6. The number of aryl methyl sites for hydroxylation is 3. The quantitative estimate of drug-likeness (QED) is 0.268. The van der Waals surface area contributed by atoms with Crippen molar-refractivity contribution >= 4 is 28.4 Å². The summed E-state index contributed by atoms with van der Waals surface area (Å²) in [4.78, 5) is 21.5. The second-order valence-electron chi connectivity index (χ2n) is 9.09. The number of hydrogen-bond donors (Lipinski definition) is 1. The summed E-state index contributed by atoms with van der Waals surface area (Å²) in [6.45, 7) is 7.48. The Morgan fingerprint density at radius 1 is 1.21 bits per heavy atom. The van der Waals surface area contributed by atoms with Gasteiger partial charge >= 0.3 is 0 Å². The fraction of sp³-hybridized carbons (Fsp3) is 0.214. The molecule has 0 bridgehead atoms. The van der Waals surface area contributed by atoms with Gasteiger partial charge in [-0.05, 0) is 50.1 Å². The zero-order valence-corrected chi connectivity index (χ0v) is 22.0. The normalized spacial score (nSPS) is 12.1. The third-order valence-electron chi connectivity index (χ3n) is 6.12. The van der Waals surface area contributed by atoms with Gasteiger partial charge in [-0.15, -0.1) is 0 Å². The van der Waals surface area contributed by atoms with Crippen LogP contribution in [-0.4, -0.2) is 25.7 Å². The maximum absolute atomic E-state index is 13.7. The monoisotopic (exact) mass is 533 g/mol. The molecule has 10 heteroatoms. The van der Waals surface area contributed by atoms with Crippen LogP contribution in [0.4, 0.5) is 4.39 Å². The van der Waals surface area contributed by atoms with Crippen molar-refractivity contribution < 1.29 is 18.3 Å². The van der Waals surface area contributed by atoms with E-state index in [4.69, 9.17) is 20.8 Å². The molecule has 5 rings (SSSR count). The van der Waals surface area contributed by atoms with Crippen LogP contribution in [0, 0.1) is 26.6 Å². The Labute approximate surface area is 223 Å². The van der Waals surface area contributed by atoms with E-state index in [1.165, 1.54) is 17.1 Å². The van der Waals surface area contributed by atoms with Crippen molar-refractivity contribution in [2.24, 2.45) is 0 Å². The zero-order valence-electron chi connectivity index (χ0n) is 21.3. The molecular formula is C28H25ClFN5O3. The first-order valence-electron chi connectivity index (χ1n) is 11.9. The Kier molecular flexibility index (Phi) is 6.86. The van der Waals surface area contributed by atoms with Crippen LogP contribution in [0.3, 0.4) is 0 Å². The van der Waals surface area contributed by atoms with Crippen molar-refractivity contribution in [3.63, 3.8) is 0 Å². The summed E-state index contributed by atoms with van der Waals surface area (Å²) in [5, 5.41) is 8.35. The second kappa shape index (κ2) is 10.3. The molecule has 1 N–H and O–H groups in total. The van der Waals surface area contributed by atoms with Crippen LogP contribution in [0.25, 0.3) is 16.6 Å². The van der Waals surface area contributed by atoms with E-state index in [2.05, 4.69) is 20.4 Å². The molecule has 3 aromatic heterocycles. The summed E-state index contributed by atoms with van der Waals surface area (Å²) in [6.07, 6.45) is 3.80.